The van der Waals surface area contributed by atoms with Crippen molar-refractivity contribution in [1.82, 2.24) is 4.98 Å². The summed E-state index contributed by atoms with van der Waals surface area (Å²) in [6.45, 7) is -1.99. The second-order valence-electron chi connectivity index (χ2n) is 11.2. The molecule has 0 spiro atoms. The number of aromatic hydroxyl groups is 1. The molecule has 8 N–H and O–H groups in total. The topological polar surface area (TPSA) is 202 Å². The van der Waals surface area contributed by atoms with Crippen LogP contribution in [0, 0.1) is 5.92 Å². The molecule has 236 valence electrons. The van der Waals surface area contributed by atoms with Crippen LogP contribution in [0.25, 0.3) is 32.4 Å². The van der Waals surface area contributed by atoms with Crippen LogP contribution in [0.3, 0.4) is 0 Å². The minimum Gasteiger partial charge on any atom is -0.508 e. The number of aliphatic hydroxyl groups is 6. The van der Waals surface area contributed by atoms with Gasteiger partial charge < -0.3 is 54.9 Å². The van der Waals surface area contributed by atoms with Crippen LogP contribution >= 0.6 is 0 Å². The summed E-state index contributed by atoms with van der Waals surface area (Å²) in [5, 5.41) is 75.2. The first-order valence-corrected chi connectivity index (χ1v) is 14.3. The van der Waals surface area contributed by atoms with Crippen LogP contribution < -0.4 is 4.74 Å². The Hall–Kier alpha value is -4.11. The number of rotatable bonds is 10. The monoisotopic (exact) mass is 619 g/mol. The summed E-state index contributed by atoms with van der Waals surface area (Å²) < 4.78 is 17.0. The first kappa shape index (κ1) is 30.9. The number of hydrogen-bond acceptors (Lipinski definition) is 11. The summed E-state index contributed by atoms with van der Waals surface area (Å²) in [6, 6.07) is 21.5. The number of ether oxygens (including phenoxy) is 3. The molecule has 1 aromatic heterocycles. The van der Waals surface area contributed by atoms with Crippen molar-refractivity contribution in [3.05, 3.63) is 84.1 Å². The van der Waals surface area contributed by atoms with Crippen LogP contribution in [0.1, 0.15) is 11.3 Å². The number of nitrogens with one attached hydrogen (secondary N) is 1. The lowest BCUT2D eigenvalue weighted by Gasteiger charge is -2.26. The number of carbonyl (C=O) groups excluding carboxylic acids is 1. The summed E-state index contributed by atoms with van der Waals surface area (Å²) >= 11 is 0. The Labute approximate surface area is 256 Å². The highest BCUT2D eigenvalue weighted by molar-refractivity contribution is 6.14. The molecule has 5 aromatic rings. The minimum atomic E-state index is -2.58. The molecule has 6 rings (SSSR count). The van der Waals surface area contributed by atoms with Crippen molar-refractivity contribution in [2.45, 2.75) is 43.4 Å². The molecule has 1 aliphatic rings. The van der Waals surface area contributed by atoms with Crippen LogP contribution in [0.5, 0.6) is 11.5 Å². The van der Waals surface area contributed by atoms with Crippen molar-refractivity contribution in [3.63, 3.8) is 0 Å². The highest BCUT2D eigenvalue weighted by Gasteiger charge is 2.58. The molecule has 5 atom stereocenters. The number of esters is 1. The summed E-state index contributed by atoms with van der Waals surface area (Å²) in [6.07, 6.45) is -7.02. The van der Waals surface area contributed by atoms with Crippen molar-refractivity contribution < 1.29 is 54.8 Å². The molecule has 12 nitrogen and oxygen atoms in total. The number of aromatic amines is 1. The smallest absolute Gasteiger partial charge is 0.343 e. The quantitative estimate of drug-likeness (QED) is 0.0641. The largest absolute Gasteiger partial charge is 0.508 e. The molecule has 0 unspecified atom stereocenters. The molecule has 12 heteroatoms. The standard InChI is InChI=1S/C33H33NO11/c35-14-25-27(26-23-13-19-4-2-1-3-18(19)12-20(23)7-10-24(26)34-25)44-32(41)29-28(30(38)33(42,16-36)45-29)43-15-21(31(39)40)11-17-5-8-22(37)9-6-17/h1-10,12-13,21,28-31,34-40,42H,11,14-16H2/t21-,28-,29+,30+,33-/m0/s1. The Morgan fingerprint density at radius 2 is 1.69 bits per heavy atom. The first-order chi connectivity index (χ1) is 21.6. The third-order valence-electron chi connectivity index (χ3n) is 8.25. The predicted octanol–water partition coefficient (Wildman–Crippen LogP) is 1.57. The average Bonchev–Trinajstić information content (AvgIpc) is 3.53. The molecule has 1 fully saturated rings. The Balaban J connectivity index is 1.31. The van der Waals surface area contributed by atoms with Gasteiger partial charge in [-0.05, 0) is 63.9 Å². The van der Waals surface area contributed by atoms with E-state index in [4.69, 9.17) is 14.2 Å². The van der Waals surface area contributed by atoms with E-state index in [1.165, 1.54) is 12.1 Å². The van der Waals surface area contributed by atoms with E-state index in [-0.39, 0.29) is 23.6 Å². The van der Waals surface area contributed by atoms with Gasteiger partial charge in [-0.1, -0.05) is 42.5 Å². The first-order valence-electron chi connectivity index (χ1n) is 14.3. The number of phenolic OH excluding ortho intramolecular Hbond substituents is 1. The van der Waals surface area contributed by atoms with Crippen molar-refractivity contribution in [1.29, 1.82) is 0 Å². The van der Waals surface area contributed by atoms with E-state index in [0.29, 0.717) is 16.5 Å². The highest BCUT2D eigenvalue weighted by Crippen LogP contribution is 2.39. The second kappa shape index (κ2) is 12.4. The molecular weight excluding hydrogens is 586 g/mol. The summed E-state index contributed by atoms with van der Waals surface area (Å²) in [5.74, 6) is -4.56. The van der Waals surface area contributed by atoms with Gasteiger partial charge in [0.15, 0.2) is 18.1 Å². The summed E-state index contributed by atoms with van der Waals surface area (Å²) in [5.41, 5.74) is 1.44. The lowest BCUT2D eigenvalue weighted by atomic mass is 9.99. The minimum absolute atomic E-state index is 0.0191. The van der Waals surface area contributed by atoms with Gasteiger partial charge in [0.05, 0.1) is 36.4 Å². The Morgan fingerprint density at radius 1 is 0.978 bits per heavy atom. The van der Waals surface area contributed by atoms with Crippen molar-refractivity contribution >= 4 is 38.4 Å². The van der Waals surface area contributed by atoms with Gasteiger partial charge in [-0.3, -0.25) is 0 Å². The molecule has 4 aromatic carbocycles. The summed E-state index contributed by atoms with van der Waals surface area (Å²) in [4.78, 5) is 16.8. The lowest BCUT2D eigenvalue weighted by Crippen LogP contribution is -2.47. The third-order valence-corrected chi connectivity index (χ3v) is 8.25. The number of benzene rings is 4. The normalized spacial score (nSPS) is 22.5. The predicted molar refractivity (Wildman–Crippen MR) is 161 cm³/mol. The van der Waals surface area contributed by atoms with E-state index < -0.39 is 62.1 Å². The number of fused-ring (bicyclic) bond motifs is 4. The second-order valence-corrected chi connectivity index (χ2v) is 11.2. The maximum Gasteiger partial charge on any atom is 0.343 e. The van der Waals surface area contributed by atoms with Gasteiger partial charge >= 0.3 is 5.97 Å². The van der Waals surface area contributed by atoms with Gasteiger partial charge in [0.2, 0.25) is 5.79 Å². The Kier molecular flexibility index (Phi) is 8.48. The molecule has 2 heterocycles. The van der Waals surface area contributed by atoms with E-state index in [0.717, 1.165) is 21.5 Å². The van der Waals surface area contributed by atoms with Gasteiger partial charge in [-0.2, -0.15) is 0 Å². The maximum atomic E-state index is 13.7. The lowest BCUT2D eigenvalue weighted by molar-refractivity contribution is -0.246. The molecule has 0 amide bonds. The molecule has 0 aliphatic carbocycles. The van der Waals surface area contributed by atoms with Crippen molar-refractivity contribution in [3.8, 4) is 11.5 Å². The molecule has 0 radical (unpaired) electrons. The Bertz CT molecular complexity index is 1840. The number of aromatic nitrogens is 1. The SMILES string of the molecule is O=C(Oc1c(CO)[nH]c2ccc3cc4ccccc4cc3c12)[C@@H]1O[C@@](O)(CO)[C@H](O)[C@H]1OC[C@H](Cc1ccc(O)cc1)C(O)O. The fourth-order valence-corrected chi connectivity index (χ4v) is 5.81. The van der Waals surface area contributed by atoms with Crippen LogP contribution in [0.2, 0.25) is 0 Å². The summed E-state index contributed by atoms with van der Waals surface area (Å²) in [7, 11) is 0. The number of carbonyl (C=O) groups is 1. The van der Waals surface area contributed by atoms with Crippen LogP contribution in [0.4, 0.5) is 0 Å². The van der Waals surface area contributed by atoms with E-state index in [9.17, 15) is 40.5 Å². The average molecular weight is 620 g/mol. The fourth-order valence-electron chi connectivity index (χ4n) is 5.81. The maximum absolute atomic E-state index is 13.7. The molecular formula is C33H33NO11. The van der Waals surface area contributed by atoms with Crippen LogP contribution in [-0.4, -0.2) is 90.3 Å². The van der Waals surface area contributed by atoms with Gasteiger partial charge in [0.25, 0.3) is 0 Å². The van der Waals surface area contributed by atoms with Crippen LogP contribution in [-0.2, 0) is 27.3 Å². The zero-order valence-corrected chi connectivity index (χ0v) is 23.9. The van der Waals surface area contributed by atoms with E-state index in [1.54, 1.807) is 18.2 Å². The molecule has 1 aliphatic heterocycles. The van der Waals surface area contributed by atoms with Gasteiger partial charge in [-0.15, -0.1) is 0 Å². The number of phenols is 1. The van der Waals surface area contributed by atoms with Gasteiger partial charge in [0.1, 0.15) is 18.0 Å². The van der Waals surface area contributed by atoms with E-state index in [1.807, 2.05) is 42.5 Å². The Morgan fingerprint density at radius 3 is 2.36 bits per heavy atom. The third kappa shape index (κ3) is 5.86. The molecule has 0 saturated carbocycles. The van der Waals surface area contributed by atoms with E-state index >= 15 is 0 Å². The van der Waals surface area contributed by atoms with Gasteiger partial charge in [0, 0.05) is 5.92 Å². The molecule has 1 saturated heterocycles. The highest BCUT2D eigenvalue weighted by atomic mass is 16.7. The zero-order valence-electron chi connectivity index (χ0n) is 23.9. The van der Waals surface area contributed by atoms with Crippen molar-refractivity contribution in [2.24, 2.45) is 5.92 Å². The fraction of sp³-hybridized carbons (Fsp3) is 0.303. The zero-order chi connectivity index (χ0) is 31.9. The number of aliphatic hydroxyl groups excluding tert-OH is 4. The number of hydrogen-bond donors (Lipinski definition) is 8. The molecule has 0 bridgehead atoms. The van der Waals surface area contributed by atoms with E-state index in [2.05, 4.69) is 4.98 Å². The van der Waals surface area contributed by atoms with Crippen molar-refractivity contribution in [2.75, 3.05) is 13.2 Å². The molecule has 45 heavy (non-hydrogen) atoms. The number of H-pyrrole nitrogens is 1. The van der Waals surface area contributed by atoms with Crippen LogP contribution in [0.15, 0.2) is 72.8 Å². The van der Waals surface area contributed by atoms with Gasteiger partial charge in [-0.25, -0.2) is 4.79 Å².